The van der Waals surface area contributed by atoms with Gasteiger partial charge in [0.05, 0.1) is 6.54 Å². The van der Waals surface area contributed by atoms with Crippen LogP contribution < -0.4 is 10.6 Å². The quantitative estimate of drug-likeness (QED) is 0.302. The maximum atomic E-state index is 4.33. The van der Waals surface area contributed by atoms with Crippen LogP contribution in [0.15, 0.2) is 72.0 Å². The highest BCUT2D eigenvalue weighted by molar-refractivity contribution is 14.0. The van der Waals surface area contributed by atoms with E-state index < -0.39 is 0 Å². The highest BCUT2D eigenvalue weighted by atomic mass is 127. The molecule has 5 nitrogen and oxygen atoms in total. The Morgan fingerprint density at radius 1 is 1.00 bits per heavy atom. The van der Waals surface area contributed by atoms with E-state index in [4.69, 9.17) is 0 Å². The number of nitrogens with zero attached hydrogens (tertiary/aromatic N) is 3. The second kappa shape index (κ2) is 11.5. The van der Waals surface area contributed by atoms with Gasteiger partial charge in [-0.2, -0.15) is 5.10 Å². The molecule has 1 heterocycles. The molecule has 0 fully saturated rings. The first-order chi connectivity index (χ1) is 13.2. The van der Waals surface area contributed by atoms with E-state index in [0.717, 1.165) is 32.0 Å². The maximum Gasteiger partial charge on any atom is 0.191 e. The van der Waals surface area contributed by atoms with Crippen molar-refractivity contribution >= 4 is 29.9 Å². The molecule has 0 aliphatic carbocycles. The fourth-order valence-corrected chi connectivity index (χ4v) is 2.93. The van der Waals surface area contributed by atoms with Gasteiger partial charge in [0, 0.05) is 32.5 Å². The molecule has 0 aliphatic rings. The Kier molecular flexibility index (Phi) is 9.00. The third kappa shape index (κ3) is 6.67. The van der Waals surface area contributed by atoms with Crippen molar-refractivity contribution < 1.29 is 0 Å². The lowest BCUT2D eigenvalue weighted by atomic mass is 10.1. The number of guanidine groups is 1. The number of aryl methyl sites for hydroxylation is 1. The standard InChI is InChI=1S/C22H27N5.HI/c1-18-8-10-19(11-9-18)12-14-24-22(23-2)25-16-20-6-3-4-7-21(20)17-27-15-5-13-26-27;/h3-11,13,15H,12,14,16-17H2,1-2H3,(H2,23,24,25);1H. The lowest BCUT2D eigenvalue weighted by Gasteiger charge is -2.14. The Bertz CT molecular complexity index is 857. The molecule has 3 aromatic rings. The molecule has 0 amide bonds. The Hall–Kier alpha value is -2.35. The molecule has 0 saturated heterocycles. The molecular formula is C22H28IN5. The van der Waals surface area contributed by atoms with Crippen molar-refractivity contribution in [3.63, 3.8) is 0 Å². The molecule has 148 valence electrons. The second-order valence-electron chi connectivity index (χ2n) is 6.56. The second-order valence-corrected chi connectivity index (χ2v) is 6.56. The molecule has 2 aromatic carbocycles. The van der Waals surface area contributed by atoms with E-state index in [1.54, 1.807) is 13.2 Å². The van der Waals surface area contributed by atoms with Crippen LogP contribution in [0.1, 0.15) is 22.3 Å². The summed E-state index contributed by atoms with van der Waals surface area (Å²) in [7, 11) is 1.80. The van der Waals surface area contributed by atoms with E-state index in [-0.39, 0.29) is 24.0 Å². The first kappa shape index (κ1) is 21.9. The van der Waals surface area contributed by atoms with E-state index in [1.807, 2.05) is 16.9 Å². The van der Waals surface area contributed by atoms with Crippen LogP contribution in [0, 0.1) is 6.92 Å². The van der Waals surface area contributed by atoms with Gasteiger partial charge in [-0.1, -0.05) is 54.1 Å². The van der Waals surface area contributed by atoms with E-state index in [2.05, 4.69) is 76.2 Å². The number of nitrogens with one attached hydrogen (secondary N) is 2. The van der Waals surface area contributed by atoms with Crippen molar-refractivity contribution in [3.8, 4) is 0 Å². The molecule has 0 atom stereocenters. The van der Waals surface area contributed by atoms with Crippen LogP contribution in [-0.2, 0) is 19.5 Å². The van der Waals surface area contributed by atoms with Crippen LogP contribution in [-0.4, -0.2) is 29.3 Å². The zero-order valence-corrected chi connectivity index (χ0v) is 18.8. The minimum Gasteiger partial charge on any atom is -0.356 e. The molecule has 28 heavy (non-hydrogen) atoms. The van der Waals surface area contributed by atoms with E-state index in [9.17, 15) is 0 Å². The van der Waals surface area contributed by atoms with Crippen LogP contribution in [0.5, 0.6) is 0 Å². The summed E-state index contributed by atoms with van der Waals surface area (Å²) in [6.07, 6.45) is 4.76. The van der Waals surface area contributed by atoms with Crippen LogP contribution in [0.4, 0.5) is 0 Å². The minimum atomic E-state index is 0. The van der Waals surface area contributed by atoms with Gasteiger partial charge >= 0.3 is 0 Å². The summed E-state index contributed by atoms with van der Waals surface area (Å²) in [5.41, 5.74) is 5.12. The average Bonchev–Trinajstić information content (AvgIpc) is 3.20. The molecular weight excluding hydrogens is 461 g/mol. The van der Waals surface area contributed by atoms with Gasteiger partial charge in [0.1, 0.15) is 0 Å². The monoisotopic (exact) mass is 489 g/mol. The number of aromatic nitrogens is 2. The first-order valence-electron chi connectivity index (χ1n) is 9.29. The average molecular weight is 489 g/mol. The van der Waals surface area contributed by atoms with Crippen molar-refractivity contribution in [2.75, 3.05) is 13.6 Å². The molecule has 0 spiro atoms. The van der Waals surface area contributed by atoms with E-state index in [1.165, 1.54) is 22.3 Å². The highest BCUT2D eigenvalue weighted by Gasteiger charge is 2.04. The third-order valence-electron chi connectivity index (χ3n) is 4.51. The van der Waals surface area contributed by atoms with Gasteiger partial charge in [0.15, 0.2) is 5.96 Å². The molecule has 0 bridgehead atoms. The Balaban J connectivity index is 0.00000280. The topological polar surface area (TPSA) is 54.2 Å². The predicted molar refractivity (Wildman–Crippen MR) is 126 cm³/mol. The largest absolute Gasteiger partial charge is 0.356 e. The number of halogens is 1. The Labute approximate surface area is 184 Å². The zero-order chi connectivity index (χ0) is 18.9. The highest BCUT2D eigenvalue weighted by Crippen LogP contribution is 2.10. The number of aliphatic imine (C=N–C) groups is 1. The molecule has 0 unspecified atom stereocenters. The smallest absolute Gasteiger partial charge is 0.191 e. The van der Waals surface area contributed by atoms with Gasteiger partial charge < -0.3 is 10.6 Å². The minimum absolute atomic E-state index is 0. The third-order valence-corrected chi connectivity index (χ3v) is 4.51. The van der Waals surface area contributed by atoms with Gasteiger partial charge in [0.2, 0.25) is 0 Å². The Morgan fingerprint density at radius 3 is 2.43 bits per heavy atom. The fraction of sp³-hybridized carbons (Fsp3) is 0.273. The molecule has 6 heteroatoms. The van der Waals surface area contributed by atoms with Crippen molar-refractivity contribution in [1.82, 2.24) is 20.4 Å². The van der Waals surface area contributed by atoms with Crippen molar-refractivity contribution in [3.05, 3.63) is 89.2 Å². The number of hydrogen-bond acceptors (Lipinski definition) is 2. The molecule has 1 aromatic heterocycles. The van der Waals surface area contributed by atoms with Gasteiger partial charge in [-0.3, -0.25) is 9.67 Å². The predicted octanol–water partition coefficient (Wildman–Crippen LogP) is 3.77. The number of rotatable bonds is 7. The van der Waals surface area contributed by atoms with Gasteiger partial charge in [-0.05, 0) is 36.1 Å². The van der Waals surface area contributed by atoms with Gasteiger partial charge in [-0.25, -0.2) is 0 Å². The summed E-state index contributed by atoms with van der Waals surface area (Å²) in [6.45, 7) is 4.45. The normalized spacial score (nSPS) is 11.0. The van der Waals surface area contributed by atoms with Crippen LogP contribution in [0.25, 0.3) is 0 Å². The molecule has 0 radical (unpaired) electrons. The van der Waals surface area contributed by atoms with Crippen LogP contribution in [0.2, 0.25) is 0 Å². The summed E-state index contributed by atoms with van der Waals surface area (Å²) < 4.78 is 1.94. The Morgan fingerprint density at radius 2 is 1.75 bits per heavy atom. The number of hydrogen-bond donors (Lipinski definition) is 2. The molecule has 0 saturated carbocycles. The molecule has 0 aliphatic heterocycles. The van der Waals surface area contributed by atoms with Crippen LogP contribution >= 0.6 is 24.0 Å². The summed E-state index contributed by atoms with van der Waals surface area (Å²) in [6, 6.07) is 19.0. The van der Waals surface area contributed by atoms with Gasteiger partial charge in [-0.15, -0.1) is 24.0 Å². The van der Waals surface area contributed by atoms with Crippen molar-refractivity contribution in [2.45, 2.75) is 26.4 Å². The van der Waals surface area contributed by atoms with Crippen molar-refractivity contribution in [1.29, 1.82) is 0 Å². The van der Waals surface area contributed by atoms with Crippen LogP contribution in [0.3, 0.4) is 0 Å². The van der Waals surface area contributed by atoms with E-state index >= 15 is 0 Å². The van der Waals surface area contributed by atoms with E-state index in [0.29, 0.717) is 0 Å². The zero-order valence-electron chi connectivity index (χ0n) is 16.4. The summed E-state index contributed by atoms with van der Waals surface area (Å²) >= 11 is 0. The summed E-state index contributed by atoms with van der Waals surface area (Å²) in [5, 5.41) is 11.1. The summed E-state index contributed by atoms with van der Waals surface area (Å²) in [4.78, 5) is 4.33. The summed E-state index contributed by atoms with van der Waals surface area (Å²) in [5.74, 6) is 0.816. The molecule has 2 N–H and O–H groups in total. The first-order valence-corrected chi connectivity index (χ1v) is 9.29. The fourth-order valence-electron chi connectivity index (χ4n) is 2.93. The van der Waals surface area contributed by atoms with Gasteiger partial charge in [0.25, 0.3) is 0 Å². The maximum absolute atomic E-state index is 4.33. The number of benzene rings is 2. The SMILES string of the molecule is CN=C(NCCc1ccc(C)cc1)NCc1ccccc1Cn1cccn1.I. The lowest BCUT2D eigenvalue weighted by Crippen LogP contribution is -2.38. The lowest BCUT2D eigenvalue weighted by molar-refractivity contribution is 0.677. The van der Waals surface area contributed by atoms with Crippen molar-refractivity contribution in [2.24, 2.45) is 4.99 Å². The molecule has 3 rings (SSSR count).